The maximum Gasteiger partial charge on any atom is 0.513 e. The third kappa shape index (κ3) is 6.03. The number of carbonyl (C=O) groups is 1. The number of non-ortho nitro benzene ring substituents is 1. The van der Waals surface area contributed by atoms with Crippen molar-refractivity contribution in [3.63, 3.8) is 0 Å². The predicted octanol–water partition coefficient (Wildman–Crippen LogP) is 3.33. The van der Waals surface area contributed by atoms with Crippen molar-refractivity contribution in [2.45, 2.75) is 13.0 Å². The molecule has 0 amide bonds. The SMILES string of the molecule is CC(NP(=O)(Oc1ccccc1)Oc1ccc([N+](=O)[O-])cc1)C(=O)OCC1COC1. The number of benzene rings is 2. The van der Waals surface area contributed by atoms with E-state index in [9.17, 15) is 19.5 Å². The van der Waals surface area contributed by atoms with Gasteiger partial charge in [-0.2, -0.15) is 5.09 Å². The largest absolute Gasteiger partial charge is 0.513 e. The highest BCUT2D eigenvalue weighted by molar-refractivity contribution is 7.52. The van der Waals surface area contributed by atoms with Gasteiger partial charge in [-0.15, -0.1) is 0 Å². The normalized spacial score (nSPS) is 16.6. The number of nitrogens with one attached hydrogen (secondary N) is 1. The molecule has 1 aliphatic heterocycles. The van der Waals surface area contributed by atoms with Gasteiger partial charge in [0.1, 0.15) is 17.5 Å². The Hall–Kier alpha value is -2.94. The Labute approximate surface area is 172 Å². The van der Waals surface area contributed by atoms with Crippen molar-refractivity contribution in [3.05, 3.63) is 64.7 Å². The van der Waals surface area contributed by atoms with Crippen LogP contribution in [0.4, 0.5) is 5.69 Å². The van der Waals surface area contributed by atoms with Crippen LogP contribution in [0.2, 0.25) is 0 Å². The van der Waals surface area contributed by atoms with Gasteiger partial charge in [-0.25, -0.2) is 4.57 Å². The van der Waals surface area contributed by atoms with E-state index in [1.807, 2.05) is 0 Å². The average molecular weight is 436 g/mol. The molecule has 1 heterocycles. The van der Waals surface area contributed by atoms with Gasteiger partial charge in [-0.3, -0.25) is 14.9 Å². The number of nitro groups is 1. The lowest BCUT2D eigenvalue weighted by Crippen LogP contribution is -2.38. The molecule has 160 valence electrons. The zero-order chi connectivity index (χ0) is 21.6. The number of hydrogen-bond donors (Lipinski definition) is 1. The summed E-state index contributed by atoms with van der Waals surface area (Å²) in [7, 11) is -4.10. The molecule has 0 aromatic heterocycles. The molecular weight excluding hydrogens is 415 g/mol. The lowest BCUT2D eigenvalue weighted by Gasteiger charge is -2.26. The first-order valence-electron chi connectivity index (χ1n) is 9.15. The molecule has 2 aromatic carbocycles. The minimum absolute atomic E-state index is 0.0690. The summed E-state index contributed by atoms with van der Waals surface area (Å²) in [6.45, 7) is 2.75. The second kappa shape index (κ2) is 9.71. The number of nitro benzene ring substituents is 1. The van der Waals surface area contributed by atoms with Gasteiger partial charge >= 0.3 is 13.7 Å². The van der Waals surface area contributed by atoms with Crippen LogP contribution in [0.5, 0.6) is 11.5 Å². The molecule has 10 nitrogen and oxygen atoms in total. The Balaban J connectivity index is 1.71. The average Bonchev–Trinajstić information content (AvgIpc) is 2.67. The number of nitrogens with zero attached hydrogens (tertiary/aromatic N) is 1. The Kier molecular flexibility index (Phi) is 7.04. The van der Waals surface area contributed by atoms with Crippen LogP contribution in [0, 0.1) is 16.0 Å². The van der Waals surface area contributed by atoms with Gasteiger partial charge in [0.25, 0.3) is 5.69 Å². The molecule has 0 radical (unpaired) electrons. The molecule has 2 unspecified atom stereocenters. The lowest BCUT2D eigenvalue weighted by atomic mass is 10.1. The molecule has 1 N–H and O–H groups in total. The molecule has 0 bridgehead atoms. The second-order valence-electron chi connectivity index (χ2n) is 6.63. The fourth-order valence-corrected chi connectivity index (χ4v) is 3.98. The van der Waals surface area contributed by atoms with Crippen molar-refractivity contribution in [3.8, 4) is 11.5 Å². The van der Waals surface area contributed by atoms with Crippen LogP contribution in [0.15, 0.2) is 54.6 Å². The van der Waals surface area contributed by atoms with E-state index in [2.05, 4.69) is 5.09 Å². The number of carbonyl (C=O) groups excluding carboxylic acids is 1. The molecule has 0 spiro atoms. The topological polar surface area (TPSA) is 126 Å². The lowest BCUT2D eigenvalue weighted by molar-refractivity contribution is -0.384. The maximum atomic E-state index is 13.4. The van der Waals surface area contributed by atoms with Crippen LogP contribution in [0.1, 0.15) is 6.92 Å². The highest BCUT2D eigenvalue weighted by Gasteiger charge is 2.34. The number of esters is 1. The van der Waals surface area contributed by atoms with E-state index in [-0.39, 0.29) is 29.7 Å². The molecule has 2 atom stereocenters. The third-order valence-electron chi connectivity index (χ3n) is 4.12. The van der Waals surface area contributed by atoms with Crippen LogP contribution in [-0.2, 0) is 18.8 Å². The van der Waals surface area contributed by atoms with Crippen LogP contribution in [0.25, 0.3) is 0 Å². The standard InChI is InChI=1S/C19H21N2O8P/c1-14(19(22)27-13-15-11-26-12-15)20-30(25,28-17-5-3-2-4-6-17)29-18-9-7-16(8-10-18)21(23)24/h2-10,14-15H,11-13H2,1H3,(H,20,25). The van der Waals surface area contributed by atoms with Crippen LogP contribution in [0.3, 0.4) is 0 Å². The molecule has 1 aliphatic rings. The molecule has 0 saturated carbocycles. The van der Waals surface area contributed by atoms with E-state index in [4.69, 9.17) is 18.5 Å². The van der Waals surface area contributed by atoms with Crippen LogP contribution < -0.4 is 14.1 Å². The summed E-state index contributed by atoms with van der Waals surface area (Å²) in [6, 6.07) is 12.3. The first-order chi connectivity index (χ1) is 14.3. The van der Waals surface area contributed by atoms with Gasteiger partial charge in [0.15, 0.2) is 0 Å². The number of hydrogen-bond acceptors (Lipinski definition) is 8. The van der Waals surface area contributed by atoms with Gasteiger partial charge in [0.05, 0.1) is 24.7 Å². The molecule has 2 aromatic rings. The molecular formula is C19H21N2O8P. The zero-order valence-corrected chi connectivity index (χ0v) is 17.0. The summed E-state index contributed by atoms with van der Waals surface area (Å²) in [6.07, 6.45) is 0. The molecule has 0 aliphatic carbocycles. The minimum Gasteiger partial charge on any atom is -0.464 e. The second-order valence-corrected chi connectivity index (χ2v) is 8.25. The summed E-state index contributed by atoms with van der Waals surface area (Å²) >= 11 is 0. The summed E-state index contributed by atoms with van der Waals surface area (Å²) in [5.41, 5.74) is -0.147. The van der Waals surface area contributed by atoms with E-state index in [0.29, 0.717) is 13.2 Å². The van der Waals surface area contributed by atoms with E-state index in [0.717, 1.165) is 0 Å². The fraction of sp³-hybridized carbons (Fsp3) is 0.316. The van der Waals surface area contributed by atoms with E-state index >= 15 is 0 Å². The minimum atomic E-state index is -4.10. The van der Waals surface area contributed by atoms with Gasteiger partial charge in [-0.1, -0.05) is 18.2 Å². The van der Waals surface area contributed by atoms with Crippen molar-refractivity contribution < 1.29 is 32.8 Å². The third-order valence-corrected chi connectivity index (χ3v) is 5.72. The maximum absolute atomic E-state index is 13.4. The summed E-state index contributed by atoms with van der Waals surface area (Å²) < 4.78 is 34.6. The van der Waals surface area contributed by atoms with Gasteiger partial charge < -0.3 is 18.5 Å². The van der Waals surface area contributed by atoms with E-state index < -0.39 is 24.7 Å². The molecule has 3 rings (SSSR count). The number of para-hydroxylation sites is 1. The van der Waals surface area contributed by atoms with Crippen molar-refractivity contribution in [2.75, 3.05) is 19.8 Å². The van der Waals surface area contributed by atoms with Crippen LogP contribution >= 0.6 is 7.75 Å². The molecule has 30 heavy (non-hydrogen) atoms. The first kappa shape index (κ1) is 21.8. The Bertz CT molecular complexity index is 918. The highest BCUT2D eigenvalue weighted by Crippen LogP contribution is 2.45. The fourth-order valence-electron chi connectivity index (χ4n) is 2.45. The van der Waals surface area contributed by atoms with Gasteiger partial charge in [0.2, 0.25) is 0 Å². The molecule has 1 fully saturated rings. The predicted molar refractivity (Wildman–Crippen MR) is 106 cm³/mol. The quantitative estimate of drug-likeness (QED) is 0.258. The van der Waals surface area contributed by atoms with Gasteiger partial charge in [0, 0.05) is 18.1 Å². The monoisotopic (exact) mass is 436 g/mol. The van der Waals surface area contributed by atoms with Crippen molar-refractivity contribution in [2.24, 2.45) is 5.92 Å². The van der Waals surface area contributed by atoms with Crippen LogP contribution in [-0.4, -0.2) is 36.8 Å². The summed E-state index contributed by atoms with van der Waals surface area (Å²) in [5.74, 6) is -0.141. The zero-order valence-electron chi connectivity index (χ0n) is 16.1. The molecule has 11 heteroatoms. The smallest absolute Gasteiger partial charge is 0.464 e. The first-order valence-corrected chi connectivity index (χ1v) is 10.7. The number of rotatable bonds is 10. The number of ether oxygens (including phenoxy) is 2. The van der Waals surface area contributed by atoms with E-state index in [1.165, 1.54) is 31.2 Å². The highest BCUT2D eigenvalue weighted by atomic mass is 31.2. The Morgan fingerprint density at radius 2 is 1.77 bits per heavy atom. The molecule has 1 saturated heterocycles. The van der Waals surface area contributed by atoms with E-state index in [1.54, 1.807) is 30.3 Å². The summed E-state index contributed by atoms with van der Waals surface area (Å²) in [5, 5.41) is 13.4. The van der Waals surface area contributed by atoms with Crippen molar-refractivity contribution in [1.82, 2.24) is 5.09 Å². The van der Waals surface area contributed by atoms with Gasteiger partial charge in [-0.05, 0) is 31.2 Å². The Morgan fingerprint density at radius 1 is 1.17 bits per heavy atom. The van der Waals surface area contributed by atoms with Crippen molar-refractivity contribution in [1.29, 1.82) is 0 Å². The summed E-state index contributed by atoms with van der Waals surface area (Å²) in [4.78, 5) is 22.5. The Morgan fingerprint density at radius 3 is 2.30 bits per heavy atom. The van der Waals surface area contributed by atoms with Crippen molar-refractivity contribution >= 4 is 19.4 Å².